The maximum Gasteiger partial charge on any atom is 0.159 e. The quantitative estimate of drug-likeness (QED) is 0.610. The molecule has 5 heteroatoms. The van der Waals surface area contributed by atoms with Crippen molar-refractivity contribution in [2.24, 2.45) is 12.0 Å². The predicted octanol–water partition coefficient (Wildman–Crippen LogP) is 0.278. The average Bonchev–Trinajstić information content (AvgIpc) is 2.73. The molecule has 0 aliphatic carbocycles. The van der Waals surface area contributed by atoms with Crippen molar-refractivity contribution >= 4 is 11.7 Å². The van der Waals surface area contributed by atoms with Crippen molar-refractivity contribution in [1.29, 1.82) is 0 Å². The van der Waals surface area contributed by atoms with E-state index >= 15 is 0 Å². The van der Waals surface area contributed by atoms with E-state index in [4.69, 9.17) is 0 Å². The molecule has 0 bridgehead atoms. The van der Waals surface area contributed by atoms with Gasteiger partial charge >= 0.3 is 0 Å². The minimum Gasteiger partial charge on any atom is -0.340 e. The molecule has 1 atom stereocenters. The van der Waals surface area contributed by atoms with Crippen molar-refractivity contribution in [2.45, 2.75) is 13.0 Å². The molecule has 0 amide bonds. The van der Waals surface area contributed by atoms with Gasteiger partial charge in [0, 0.05) is 20.1 Å². The van der Waals surface area contributed by atoms with Crippen LogP contribution in [-0.2, 0) is 7.05 Å². The van der Waals surface area contributed by atoms with E-state index in [2.05, 4.69) is 38.3 Å². The Morgan fingerprint density at radius 3 is 3.00 bits per heavy atom. The average molecular weight is 205 g/mol. The number of aromatic nitrogens is 2. The molecule has 15 heavy (non-hydrogen) atoms. The van der Waals surface area contributed by atoms with Gasteiger partial charge in [-0.05, 0) is 6.92 Å². The van der Waals surface area contributed by atoms with Gasteiger partial charge in [-0.15, -0.1) is 0 Å². The third-order valence-corrected chi connectivity index (χ3v) is 3.16. The standard InChI is InChI=1S/C10H15N5/c1-7-4-11-10-8-9(12-5-13(8)2)14(3)6-15(7)10/h5,7H,4,6H2,1-3H3/t7-/m0/s1. The molecule has 2 aliphatic heterocycles. The summed E-state index contributed by atoms with van der Waals surface area (Å²) in [5.74, 6) is 2.15. The van der Waals surface area contributed by atoms with Gasteiger partial charge < -0.3 is 14.4 Å². The number of aliphatic imine (C=N–C) groups is 1. The maximum atomic E-state index is 4.60. The molecule has 0 aromatic carbocycles. The van der Waals surface area contributed by atoms with Gasteiger partial charge in [-0.3, -0.25) is 4.99 Å². The van der Waals surface area contributed by atoms with E-state index in [0.29, 0.717) is 6.04 Å². The van der Waals surface area contributed by atoms with Gasteiger partial charge in [-0.25, -0.2) is 4.98 Å². The van der Waals surface area contributed by atoms with Gasteiger partial charge in [0.1, 0.15) is 5.69 Å². The molecule has 0 fully saturated rings. The summed E-state index contributed by atoms with van der Waals surface area (Å²) in [5.41, 5.74) is 1.15. The topological polar surface area (TPSA) is 36.7 Å². The van der Waals surface area contributed by atoms with Crippen LogP contribution in [0.1, 0.15) is 12.6 Å². The normalized spacial score (nSPS) is 23.9. The van der Waals surface area contributed by atoms with Crippen molar-refractivity contribution in [3.05, 3.63) is 12.0 Å². The van der Waals surface area contributed by atoms with E-state index < -0.39 is 0 Å². The second-order valence-corrected chi connectivity index (χ2v) is 4.35. The second-order valence-electron chi connectivity index (χ2n) is 4.35. The van der Waals surface area contributed by atoms with Crippen molar-refractivity contribution in [3.63, 3.8) is 0 Å². The fraction of sp³-hybridized carbons (Fsp3) is 0.600. The Bertz CT molecular complexity index is 433. The van der Waals surface area contributed by atoms with Crippen LogP contribution >= 0.6 is 0 Å². The fourth-order valence-corrected chi connectivity index (χ4v) is 2.28. The molecular weight excluding hydrogens is 190 g/mol. The van der Waals surface area contributed by atoms with Gasteiger partial charge in [-0.2, -0.15) is 0 Å². The third kappa shape index (κ3) is 1.03. The van der Waals surface area contributed by atoms with Crippen LogP contribution in [0, 0.1) is 0 Å². The summed E-state index contributed by atoms with van der Waals surface area (Å²) in [7, 11) is 4.10. The number of nitrogens with zero attached hydrogens (tertiary/aromatic N) is 5. The van der Waals surface area contributed by atoms with Crippen LogP contribution in [0.5, 0.6) is 0 Å². The minimum atomic E-state index is 0.505. The summed E-state index contributed by atoms with van der Waals surface area (Å²) in [5, 5.41) is 0. The molecule has 3 rings (SSSR count). The lowest BCUT2D eigenvalue weighted by atomic mass is 10.2. The van der Waals surface area contributed by atoms with Gasteiger partial charge in [-0.1, -0.05) is 0 Å². The van der Waals surface area contributed by atoms with Gasteiger partial charge in [0.2, 0.25) is 0 Å². The molecule has 0 radical (unpaired) electrons. The number of hydrogen-bond donors (Lipinski definition) is 0. The molecule has 3 heterocycles. The minimum absolute atomic E-state index is 0.505. The number of rotatable bonds is 0. The Balaban J connectivity index is 2.16. The number of hydrogen-bond acceptors (Lipinski definition) is 4. The van der Waals surface area contributed by atoms with Crippen molar-refractivity contribution in [3.8, 4) is 0 Å². The summed E-state index contributed by atoms with van der Waals surface area (Å²) in [4.78, 5) is 13.5. The molecule has 1 aromatic rings. The second kappa shape index (κ2) is 2.74. The summed E-state index contributed by atoms with van der Waals surface area (Å²) in [6.07, 6.45) is 1.86. The Kier molecular flexibility index (Phi) is 1.60. The first kappa shape index (κ1) is 8.76. The number of fused-ring (bicyclic) bond motifs is 3. The first-order valence-electron chi connectivity index (χ1n) is 5.22. The molecule has 2 aliphatic rings. The number of amidine groups is 1. The van der Waals surface area contributed by atoms with Crippen LogP contribution in [0.3, 0.4) is 0 Å². The highest BCUT2D eigenvalue weighted by Crippen LogP contribution is 2.28. The van der Waals surface area contributed by atoms with Crippen LogP contribution < -0.4 is 4.90 Å². The summed E-state index contributed by atoms with van der Waals surface area (Å²) >= 11 is 0. The fourth-order valence-electron chi connectivity index (χ4n) is 2.28. The first-order valence-corrected chi connectivity index (χ1v) is 5.22. The zero-order chi connectivity index (χ0) is 10.6. The van der Waals surface area contributed by atoms with Crippen molar-refractivity contribution < 1.29 is 0 Å². The molecule has 0 N–H and O–H groups in total. The zero-order valence-corrected chi connectivity index (χ0v) is 9.30. The lowest BCUT2D eigenvalue weighted by molar-refractivity contribution is 0.358. The smallest absolute Gasteiger partial charge is 0.159 e. The van der Waals surface area contributed by atoms with Crippen LogP contribution in [-0.4, -0.2) is 46.6 Å². The molecule has 0 unspecified atom stereocenters. The first-order chi connectivity index (χ1) is 7.18. The highest BCUT2D eigenvalue weighted by molar-refractivity contribution is 6.04. The Morgan fingerprint density at radius 1 is 1.40 bits per heavy atom. The monoisotopic (exact) mass is 205 g/mol. The Hall–Kier alpha value is -1.52. The lowest BCUT2D eigenvalue weighted by Crippen LogP contribution is -2.47. The van der Waals surface area contributed by atoms with Gasteiger partial charge in [0.05, 0.1) is 19.5 Å². The van der Waals surface area contributed by atoms with E-state index in [9.17, 15) is 0 Å². The molecule has 0 saturated heterocycles. The molecule has 0 saturated carbocycles. The van der Waals surface area contributed by atoms with Crippen LogP contribution in [0.15, 0.2) is 11.3 Å². The highest BCUT2D eigenvalue weighted by atomic mass is 15.4. The molecule has 80 valence electrons. The number of anilines is 1. The Morgan fingerprint density at radius 2 is 2.20 bits per heavy atom. The highest BCUT2D eigenvalue weighted by Gasteiger charge is 2.35. The van der Waals surface area contributed by atoms with Gasteiger partial charge in [0.25, 0.3) is 0 Å². The molecule has 1 aromatic heterocycles. The van der Waals surface area contributed by atoms with Crippen molar-refractivity contribution in [1.82, 2.24) is 14.5 Å². The predicted molar refractivity (Wildman–Crippen MR) is 59.2 cm³/mol. The van der Waals surface area contributed by atoms with Crippen LogP contribution in [0.25, 0.3) is 0 Å². The zero-order valence-electron chi connectivity index (χ0n) is 9.30. The lowest BCUT2D eigenvalue weighted by Gasteiger charge is -2.35. The molecule has 0 spiro atoms. The summed E-state index contributed by atoms with van der Waals surface area (Å²) < 4.78 is 2.05. The largest absolute Gasteiger partial charge is 0.340 e. The van der Waals surface area contributed by atoms with Crippen LogP contribution in [0.2, 0.25) is 0 Å². The van der Waals surface area contributed by atoms with E-state index in [0.717, 1.165) is 30.6 Å². The third-order valence-electron chi connectivity index (χ3n) is 3.16. The summed E-state index contributed by atoms with van der Waals surface area (Å²) in [6, 6.07) is 0.505. The maximum absolute atomic E-state index is 4.60. The number of aryl methyl sites for hydroxylation is 1. The summed E-state index contributed by atoms with van der Waals surface area (Å²) in [6.45, 7) is 4.00. The van der Waals surface area contributed by atoms with E-state index in [1.54, 1.807) is 0 Å². The van der Waals surface area contributed by atoms with Gasteiger partial charge in [0.15, 0.2) is 11.7 Å². The van der Waals surface area contributed by atoms with E-state index in [1.807, 2.05) is 13.4 Å². The SMILES string of the molecule is C[C@H]1CN=C2c3c(ncn3C)N(C)CN21. The Labute approximate surface area is 89.0 Å². The van der Waals surface area contributed by atoms with Crippen LogP contribution in [0.4, 0.5) is 5.82 Å². The van der Waals surface area contributed by atoms with E-state index in [1.165, 1.54) is 0 Å². The molecule has 5 nitrogen and oxygen atoms in total. The van der Waals surface area contributed by atoms with Crippen molar-refractivity contribution in [2.75, 3.05) is 25.2 Å². The number of imidazole rings is 1. The van der Waals surface area contributed by atoms with E-state index in [-0.39, 0.29) is 0 Å². The molecular formula is C10H15N5.